The molecule has 3 atom stereocenters. The van der Waals surface area contributed by atoms with E-state index in [9.17, 15) is 9.90 Å². The van der Waals surface area contributed by atoms with E-state index in [1.807, 2.05) is 26.8 Å². The van der Waals surface area contributed by atoms with Crippen LogP contribution in [0.5, 0.6) is 0 Å². The Morgan fingerprint density at radius 3 is 2.56 bits per heavy atom. The van der Waals surface area contributed by atoms with Gasteiger partial charge >= 0.3 is 0 Å². The average molecular weight is 247 g/mol. The maximum absolute atomic E-state index is 12.3. The van der Waals surface area contributed by atoms with Gasteiger partial charge in [-0.1, -0.05) is 26.8 Å². The molecule has 0 saturated heterocycles. The maximum atomic E-state index is 12.3. The molecule has 2 aliphatic carbocycles. The first-order valence-corrected chi connectivity index (χ1v) is 6.52. The highest BCUT2D eigenvalue weighted by Crippen LogP contribution is 2.56. The predicted molar refractivity (Wildman–Crippen MR) is 68.6 cm³/mol. The lowest BCUT2D eigenvalue weighted by Gasteiger charge is -2.53. The fourth-order valence-corrected chi connectivity index (χ4v) is 4.14. The van der Waals surface area contributed by atoms with Crippen LogP contribution >= 0.6 is 0 Å². The van der Waals surface area contributed by atoms with E-state index in [0.717, 1.165) is 12.8 Å². The van der Waals surface area contributed by atoms with Gasteiger partial charge in [0, 0.05) is 5.41 Å². The van der Waals surface area contributed by atoms with Crippen molar-refractivity contribution in [1.82, 2.24) is 0 Å². The molecule has 1 fully saturated rings. The molecule has 1 unspecified atom stereocenters. The first-order chi connectivity index (χ1) is 8.12. The van der Waals surface area contributed by atoms with E-state index in [4.69, 9.17) is 5.26 Å². The molecule has 18 heavy (non-hydrogen) atoms. The summed E-state index contributed by atoms with van der Waals surface area (Å²) in [5.41, 5.74) is -1.20. The lowest BCUT2D eigenvalue weighted by atomic mass is 9.50. The van der Waals surface area contributed by atoms with E-state index in [1.54, 1.807) is 6.08 Å². The minimum absolute atomic E-state index is 0.0472. The quantitative estimate of drug-likeness (QED) is 0.715. The van der Waals surface area contributed by atoms with E-state index in [1.165, 1.54) is 0 Å². The number of nitrogens with zero attached hydrogens (tertiary/aromatic N) is 1. The van der Waals surface area contributed by atoms with E-state index >= 15 is 0 Å². The molecule has 3 nitrogen and oxygen atoms in total. The van der Waals surface area contributed by atoms with Crippen LogP contribution in [0, 0.1) is 28.1 Å². The number of ketones is 1. The van der Waals surface area contributed by atoms with Gasteiger partial charge in [-0.2, -0.15) is 5.26 Å². The van der Waals surface area contributed by atoms with Crippen LogP contribution in [0.1, 0.15) is 47.0 Å². The second-order valence-corrected chi connectivity index (χ2v) is 6.99. The fourth-order valence-electron chi connectivity index (χ4n) is 4.14. The number of rotatable bonds is 0. The number of aliphatic hydroxyl groups is 1. The molecule has 0 aromatic carbocycles. The van der Waals surface area contributed by atoms with Crippen molar-refractivity contribution in [3.63, 3.8) is 0 Å². The fraction of sp³-hybridized carbons (Fsp3) is 0.733. The van der Waals surface area contributed by atoms with E-state index in [0.29, 0.717) is 6.42 Å². The van der Waals surface area contributed by atoms with Crippen molar-refractivity contribution in [2.45, 2.75) is 52.6 Å². The van der Waals surface area contributed by atoms with Crippen LogP contribution in [-0.4, -0.2) is 16.5 Å². The molecule has 1 saturated carbocycles. The first kappa shape index (κ1) is 13.3. The molecule has 3 heteroatoms. The molecule has 0 aromatic rings. The standard InChI is InChI=1S/C15H21NO2/c1-13(2)11-5-6-15(4,18)9-14(11,3)7-10(8-16)12(13)17/h7,11,18H,5-6,9H2,1-4H3/t11?,14-,15+/m1/s1. The van der Waals surface area contributed by atoms with Crippen molar-refractivity contribution in [2.75, 3.05) is 0 Å². The zero-order valence-electron chi connectivity index (χ0n) is 11.6. The normalized spacial score (nSPS) is 42.8. The molecular weight excluding hydrogens is 226 g/mol. The summed E-state index contributed by atoms with van der Waals surface area (Å²) >= 11 is 0. The Morgan fingerprint density at radius 2 is 2.00 bits per heavy atom. The van der Waals surface area contributed by atoms with Gasteiger partial charge in [-0.05, 0) is 37.5 Å². The monoisotopic (exact) mass is 247 g/mol. The second-order valence-electron chi connectivity index (χ2n) is 6.99. The lowest BCUT2D eigenvalue weighted by molar-refractivity contribution is -0.136. The summed E-state index contributed by atoms with van der Waals surface area (Å²) in [4.78, 5) is 12.3. The van der Waals surface area contributed by atoms with Crippen LogP contribution in [0.3, 0.4) is 0 Å². The smallest absolute Gasteiger partial charge is 0.178 e. The zero-order chi connectivity index (χ0) is 13.8. The Bertz CT molecular complexity index is 467. The summed E-state index contributed by atoms with van der Waals surface area (Å²) in [6.07, 6.45) is 3.97. The molecule has 0 amide bonds. The van der Waals surface area contributed by atoms with Gasteiger partial charge in [0.05, 0.1) is 11.2 Å². The van der Waals surface area contributed by atoms with Crippen molar-refractivity contribution in [3.8, 4) is 6.07 Å². The summed E-state index contributed by atoms with van der Waals surface area (Å²) in [5, 5.41) is 19.4. The Balaban J connectivity index is 2.53. The summed E-state index contributed by atoms with van der Waals surface area (Å²) in [6, 6.07) is 2.02. The topological polar surface area (TPSA) is 61.1 Å². The summed E-state index contributed by atoms with van der Waals surface area (Å²) < 4.78 is 0. The third kappa shape index (κ3) is 1.80. The summed E-state index contributed by atoms with van der Waals surface area (Å²) in [7, 11) is 0. The molecule has 0 heterocycles. The van der Waals surface area contributed by atoms with Crippen LogP contribution in [0.25, 0.3) is 0 Å². The average Bonchev–Trinajstić information content (AvgIpc) is 2.21. The molecule has 2 rings (SSSR count). The number of allylic oxidation sites excluding steroid dienone is 2. The third-order valence-electron chi connectivity index (χ3n) is 4.82. The lowest BCUT2D eigenvalue weighted by Crippen LogP contribution is -2.52. The molecule has 1 N–H and O–H groups in total. The van der Waals surface area contributed by atoms with Gasteiger partial charge in [-0.15, -0.1) is 0 Å². The van der Waals surface area contributed by atoms with Gasteiger partial charge < -0.3 is 5.11 Å². The molecule has 0 aliphatic heterocycles. The number of Topliss-reactive ketones (excluding diaryl/α,β-unsaturated/α-hetero) is 1. The molecule has 98 valence electrons. The predicted octanol–water partition coefficient (Wildman–Crippen LogP) is 2.60. The molecule has 0 bridgehead atoms. The number of hydrogen-bond donors (Lipinski definition) is 1. The molecule has 0 radical (unpaired) electrons. The zero-order valence-corrected chi connectivity index (χ0v) is 11.6. The van der Waals surface area contributed by atoms with Crippen LogP contribution in [-0.2, 0) is 4.79 Å². The van der Waals surface area contributed by atoms with Crippen molar-refractivity contribution < 1.29 is 9.90 Å². The minimum Gasteiger partial charge on any atom is -0.390 e. The highest BCUT2D eigenvalue weighted by atomic mass is 16.3. The van der Waals surface area contributed by atoms with Crippen LogP contribution in [0.2, 0.25) is 0 Å². The van der Waals surface area contributed by atoms with Gasteiger partial charge in [0.15, 0.2) is 5.78 Å². The SMILES string of the molecule is CC1(C)C(=O)C(C#N)=C[C@]2(C)C[C@@](C)(O)CCC12. The van der Waals surface area contributed by atoms with E-state index in [2.05, 4.69) is 6.92 Å². The van der Waals surface area contributed by atoms with Crippen molar-refractivity contribution in [1.29, 1.82) is 5.26 Å². The second kappa shape index (κ2) is 3.68. The number of carbonyl (C=O) groups is 1. The highest BCUT2D eigenvalue weighted by Gasteiger charge is 2.55. The van der Waals surface area contributed by atoms with Gasteiger partial charge in [0.1, 0.15) is 6.07 Å². The summed E-state index contributed by atoms with van der Waals surface area (Å²) in [6.45, 7) is 7.78. The first-order valence-electron chi connectivity index (χ1n) is 6.52. The number of nitriles is 1. The largest absolute Gasteiger partial charge is 0.390 e. The molecule has 2 aliphatic rings. The van der Waals surface area contributed by atoms with Crippen molar-refractivity contribution in [3.05, 3.63) is 11.6 Å². The Labute approximate surface area is 108 Å². The Morgan fingerprint density at radius 1 is 1.39 bits per heavy atom. The van der Waals surface area contributed by atoms with Gasteiger partial charge in [-0.25, -0.2) is 0 Å². The van der Waals surface area contributed by atoms with Crippen LogP contribution in [0.15, 0.2) is 11.6 Å². The maximum Gasteiger partial charge on any atom is 0.178 e. The molecule has 0 aromatic heterocycles. The van der Waals surface area contributed by atoms with Crippen molar-refractivity contribution in [2.24, 2.45) is 16.7 Å². The van der Waals surface area contributed by atoms with Crippen LogP contribution < -0.4 is 0 Å². The van der Waals surface area contributed by atoms with Gasteiger partial charge in [0.2, 0.25) is 0 Å². The Hall–Kier alpha value is -1.14. The molecule has 0 spiro atoms. The number of carbonyl (C=O) groups excluding carboxylic acids is 1. The van der Waals surface area contributed by atoms with Gasteiger partial charge in [0.25, 0.3) is 0 Å². The third-order valence-corrected chi connectivity index (χ3v) is 4.82. The molecular formula is C15H21NO2. The summed E-state index contributed by atoms with van der Waals surface area (Å²) in [5.74, 6) is 0.156. The minimum atomic E-state index is -0.696. The number of fused-ring (bicyclic) bond motifs is 1. The van der Waals surface area contributed by atoms with Crippen molar-refractivity contribution >= 4 is 5.78 Å². The van der Waals surface area contributed by atoms with E-state index < -0.39 is 11.0 Å². The Kier molecular flexibility index (Phi) is 2.72. The highest BCUT2D eigenvalue weighted by molar-refractivity contribution is 6.04. The van der Waals surface area contributed by atoms with E-state index in [-0.39, 0.29) is 22.7 Å². The van der Waals surface area contributed by atoms with Gasteiger partial charge in [-0.3, -0.25) is 4.79 Å². The van der Waals surface area contributed by atoms with Crippen LogP contribution in [0.4, 0.5) is 0 Å². The number of hydrogen-bond acceptors (Lipinski definition) is 3.